The van der Waals surface area contributed by atoms with Gasteiger partial charge >= 0.3 is 0 Å². The van der Waals surface area contributed by atoms with E-state index in [0.717, 1.165) is 59.5 Å². The smallest absolute Gasteiger partial charge is 0.164 e. The van der Waals surface area contributed by atoms with E-state index in [2.05, 4.69) is 26.5 Å². The van der Waals surface area contributed by atoms with Gasteiger partial charge in [-0.1, -0.05) is 38.6 Å². The van der Waals surface area contributed by atoms with Crippen molar-refractivity contribution in [3.63, 3.8) is 0 Å². The van der Waals surface area contributed by atoms with Crippen LogP contribution in [0.25, 0.3) is 22.3 Å². The zero-order valence-corrected chi connectivity index (χ0v) is 21.8. The summed E-state index contributed by atoms with van der Waals surface area (Å²) in [6.07, 6.45) is 7.74. The van der Waals surface area contributed by atoms with Crippen molar-refractivity contribution < 1.29 is 9.53 Å². The van der Waals surface area contributed by atoms with Gasteiger partial charge in [-0.15, -0.1) is 0 Å². The van der Waals surface area contributed by atoms with Crippen molar-refractivity contribution in [3.8, 4) is 22.8 Å². The van der Waals surface area contributed by atoms with Crippen molar-refractivity contribution in [3.05, 3.63) is 73.6 Å². The van der Waals surface area contributed by atoms with Crippen molar-refractivity contribution in [1.29, 1.82) is 0 Å². The van der Waals surface area contributed by atoms with Gasteiger partial charge in [-0.05, 0) is 75.2 Å². The molecule has 0 atom stereocenters. The van der Waals surface area contributed by atoms with Gasteiger partial charge in [0.25, 0.3) is 0 Å². The molecular formula is C29H36N6O2. The maximum absolute atomic E-state index is 9.06. The average molecular weight is 501 g/mol. The predicted molar refractivity (Wildman–Crippen MR) is 150 cm³/mol. The number of aldehydes is 1. The SMILES string of the molecule is C=CC=O.CC.CNC1CCC(n2nc(-c3ccc(Oc4ccccc4)cc3)c3c(N)ncnc32)CC1. The normalized spacial score (nSPS) is 16.5. The lowest BCUT2D eigenvalue weighted by atomic mass is 9.91. The van der Waals surface area contributed by atoms with Crippen LogP contribution < -0.4 is 15.8 Å². The van der Waals surface area contributed by atoms with Crippen LogP contribution in [0.3, 0.4) is 0 Å². The van der Waals surface area contributed by atoms with Crippen LogP contribution in [0.15, 0.2) is 73.6 Å². The first kappa shape index (κ1) is 27.5. The molecule has 0 bridgehead atoms. The number of fused-ring (bicyclic) bond motifs is 1. The van der Waals surface area contributed by atoms with E-state index in [1.54, 1.807) is 0 Å². The number of hydrogen-bond acceptors (Lipinski definition) is 7. The number of anilines is 1. The number of nitrogen functional groups attached to an aromatic ring is 1. The Balaban J connectivity index is 0.000000580. The highest BCUT2D eigenvalue weighted by molar-refractivity contribution is 5.98. The molecule has 0 radical (unpaired) electrons. The first-order chi connectivity index (χ1) is 18.1. The van der Waals surface area contributed by atoms with Crippen molar-refractivity contribution in [2.45, 2.75) is 51.6 Å². The molecule has 2 aromatic heterocycles. The lowest BCUT2D eigenvalue weighted by Crippen LogP contribution is -2.31. The Hall–Kier alpha value is -4.04. The number of hydrogen-bond donors (Lipinski definition) is 2. The summed E-state index contributed by atoms with van der Waals surface area (Å²) in [5.74, 6) is 2.04. The minimum Gasteiger partial charge on any atom is -0.457 e. The Morgan fingerprint density at radius 1 is 1.00 bits per heavy atom. The molecule has 3 N–H and O–H groups in total. The number of nitrogens with one attached hydrogen (secondary N) is 1. The number of rotatable bonds is 6. The molecule has 1 aliphatic rings. The van der Waals surface area contributed by atoms with Gasteiger partial charge in [-0.2, -0.15) is 5.10 Å². The summed E-state index contributed by atoms with van der Waals surface area (Å²) in [7, 11) is 2.03. The maximum atomic E-state index is 9.06. The van der Waals surface area contributed by atoms with E-state index in [1.165, 1.54) is 12.4 Å². The molecule has 5 rings (SSSR count). The van der Waals surface area contributed by atoms with E-state index in [-0.39, 0.29) is 0 Å². The largest absolute Gasteiger partial charge is 0.457 e. The van der Waals surface area contributed by atoms with Crippen LogP contribution in [-0.2, 0) is 4.79 Å². The molecular weight excluding hydrogens is 464 g/mol. The highest BCUT2D eigenvalue weighted by atomic mass is 16.5. The second kappa shape index (κ2) is 13.9. The molecule has 1 saturated carbocycles. The third kappa shape index (κ3) is 6.80. The van der Waals surface area contributed by atoms with Gasteiger partial charge in [0.2, 0.25) is 0 Å². The number of para-hydroxylation sites is 1. The summed E-state index contributed by atoms with van der Waals surface area (Å²) in [6, 6.07) is 18.6. The van der Waals surface area contributed by atoms with Gasteiger partial charge in [0, 0.05) is 11.6 Å². The Bertz CT molecular complexity index is 1260. The molecule has 37 heavy (non-hydrogen) atoms. The van der Waals surface area contributed by atoms with E-state index >= 15 is 0 Å². The van der Waals surface area contributed by atoms with Crippen molar-refractivity contribution in [2.75, 3.05) is 12.8 Å². The zero-order chi connectivity index (χ0) is 26.6. The molecule has 0 aliphatic heterocycles. The van der Waals surface area contributed by atoms with Crippen molar-refractivity contribution >= 4 is 23.1 Å². The van der Waals surface area contributed by atoms with Gasteiger partial charge in [-0.3, -0.25) is 4.79 Å². The average Bonchev–Trinajstić information content (AvgIpc) is 3.36. The number of ether oxygens (including phenoxy) is 1. The van der Waals surface area contributed by atoms with Gasteiger partial charge in [0.1, 0.15) is 35.6 Å². The monoisotopic (exact) mass is 500 g/mol. The third-order valence-corrected chi connectivity index (χ3v) is 6.17. The number of allylic oxidation sites excluding steroid dienone is 1. The van der Waals surface area contributed by atoms with Gasteiger partial charge in [-0.25, -0.2) is 14.6 Å². The molecule has 2 heterocycles. The van der Waals surface area contributed by atoms with Crippen LogP contribution in [0.5, 0.6) is 11.5 Å². The van der Waals surface area contributed by atoms with Crippen LogP contribution in [0.2, 0.25) is 0 Å². The molecule has 194 valence electrons. The zero-order valence-electron chi connectivity index (χ0n) is 21.8. The predicted octanol–water partition coefficient (Wildman–Crippen LogP) is 5.97. The number of carbonyl (C=O) groups is 1. The van der Waals surface area contributed by atoms with Gasteiger partial charge in [0.15, 0.2) is 5.65 Å². The first-order valence-electron chi connectivity index (χ1n) is 12.7. The number of nitrogens with zero attached hydrogens (tertiary/aromatic N) is 4. The second-order valence-corrected chi connectivity index (χ2v) is 8.36. The highest BCUT2D eigenvalue weighted by Gasteiger charge is 2.26. The number of aromatic nitrogens is 4. The summed E-state index contributed by atoms with van der Waals surface area (Å²) in [5, 5.41) is 9.19. The minimum atomic E-state index is 0.316. The molecule has 8 heteroatoms. The number of carbonyl (C=O) groups excluding carboxylic acids is 1. The summed E-state index contributed by atoms with van der Waals surface area (Å²) >= 11 is 0. The quantitative estimate of drug-likeness (QED) is 0.248. The molecule has 1 aliphatic carbocycles. The lowest BCUT2D eigenvalue weighted by molar-refractivity contribution is -0.104. The topological polar surface area (TPSA) is 108 Å². The molecule has 0 amide bonds. The molecule has 0 spiro atoms. The molecule has 2 aromatic carbocycles. The molecule has 0 saturated heterocycles. The Labute approximate surface area is 218 Å². The summed E-state index contributed by atoms with van der Waals surface area (Å²) in [5.41, 5.74) is 8.86. The van der Waals surface area contributed by atoms with E-state index < -0.39 is 0 Å². The minimum absolute atomic E-state index is 0.316. The van der Waals surface area contributed by atoms with Crippen LogP contribution in [0, 0.1) is 0 Å². The Morgan fingerprint density at radius 3 is 2.22 bits per heavy atom. The maximum Gasteiger partial charge on any atom is 0.164 e. The molecule has 1 fully saturated rings. The number of benzene rings is 2. The standard InChI is InChI=1S/C24H26N6O.C3H4O.C2H6/c1-26-17-9-11-18(12-10-17)30-24-21(23(25)27-15-28-24)22(29-30)16-7-13-20(14-8-16)31-19-5-3-2-4-6-19;1-2-3-4;1-2/h2-8,13-15,17-18,26H,9-12H2,1H3,(H2,25,27,28);2-3H,1H2;1-2H3. The van der Waals surface area contributed by atoms with Crippen LogP contribution in [0.4, 0.5) is 5.82 Å². The van der Waals surface area contributed by atoms with Crippen molar-refractivity contribution in [1.82, 2.24) is 25.1 Å². The summed E-state index contributed by atoms with van der Waals surface area (Å²) in [6.45, 7) is 7.11. The first-order valence-corrected chi connectivity index (χ1v) is 12.7. The Morgan fingerprint density at radius 2 is 1.62 bits per heavy atom. The third-order valence-electron chi connectivity index (χ3n) is 6.17. The molecule has 4 aromatic rings. The van der Waals surface area contributed by atoms with Crippen LogP contribution in [-0.4, -0.2) is 39.1 Å². The fourth-order valence-electron chi connectivity index (χ4n) is 4.37. The lowest BCUT2D eigenvalue weighted by Gasteiger charge is -2.28. The summed E-state index contributed by atoms with van der Waals surface area (Å²) < 4.78 is 7.98. The Kier molecular flexibility index (Phi) is 10.3. The van der Waals surface area contributed by atoms with Crippen LogP contribution in [0.1, 0.15) is 45.6 Å². The molecule has 8 nitrogen and oxygen atoms in total. The van der Waals surface area contributed by atoms with Gasteiger partial charge < -0.3 is 15.8 Å². The van der Waals surface area contributed by atoms with E-state index in [9.17, 15) is 0 Å². The van der Waals surface area contributed by atoms with Gasteiger partial charge in [0.05, 0.1) is 11.4 Å². The fourth-order valence-corrected chi connectivity index (χ4v) is 4.37. The van der Waals surface area contributed by atoms with Crippen molar-refractivity contribution in [2.24, 2.45) is 0 Å². The number of nitrogens with two attached hydrogens (primary N) is 1. The summed E-state index contributed by atoms with van der Waals surface area (Å²) in [4.78, 5) is 17.8. The van der Waals surface area contributed by atoms with E-state index in [4.69, 9.17) is 20.4 Å². The highest BCUT2D eigenvalue weighted by Crippen LogP contribution is 2.36. The van der Waals surface area contributed by atoms with E-state index in [1.807, 2.05) is 75.5 Å². The fraction of sp³-hybridized carbons (Fsp3) is 0.310. The van der Waals surface area contributed by atoms with Crippen LogP contribution >= 0.6 is 0 Å². The van der Waals surface area contributed by atoms with E-state index in [0.29, 0.717) is 24.2 Å². The second-order valence-electron chi connectivity index (χ2n) is 8.36. The molecule has 0 unspecified atom stereocenters.